The summed E-state index contributed by atoms with van der Waals surface area (Å²) in [5.41, 5.74) is 2.42. The van der Waals surface area contributed by atoms with Crippen molar-refractivity contribution in [2.24, 2.45) is 5.92 Å². The number of pyridine rings is 1. The normalized spacial score (nSPS) is 18.9. The molecule has 1 aliphatic rings. The van der Waals surface area contributed by atoms with E-state index in [4.69, 9.17) is 9.47 Å². The summed E-state index contributed by atoms with van der Waals surface area (Å²) >= 11 is 0. The number of benzene rings is 1. The van der Waals surface area contributed by atoms with E-state index in [2.05, 4.69) is 18.8 Å². The molecule has 1 fully saturated rings. The van der Waals surface area contributed by atoms with E-state index in [1.165, 1.54) is 16.4 Å². The fourth-order valence-electron chi connectivity index (χ4n) is 4.68. The van der Waals surface area contributed by atoms with E-state index in [1.807, 2.05) is 0 Å². The van der Waals surface area contributed by atoms with Gasteiger partial charge in [0.15, 0.2) is 0 Å². The standard InChI is InChI=1S/C27H39N3O6S/c1-3-5-19-36-24-10-12-25(13-11-24)37(33,34)30(20-21-14-16-28-17-15-21)26(27(31)29-32)22-6-8-23(9-7-22)35-18-4-2/h10-17,22-23,26,32H,3-9,18-20H2,1-2H3,(H,29,31). The number of ether oxygens (including phenoxy) is 2. The summed E-state index contributed by atoms with van der Waals surface area (Å²) in [7, 11) is -4.12. The maximum Gasteiger partial charge on any atom is 0.262 e. The third-order valence-electron chi connectivity index (χ3n) is 6.70. The second-order valence-electron chi connectivity index (χ2n) is 9.41. The number of aromatic nitrogens is 1. The van der Waals surface area contributed by atoms with Gasteiger partial charge in [0.25, 0.3) is 5.91 Å². The Morgan fingerprint density at radius 2 is 1.73 bits per heavy atom. The highest BCUT2D eigenvalue weighted by Crippen LogP contribution is 2.34. The van der Waals surface area contributed by atoms with E-state index in [0.717, 1.165) is 32.1 Å². The van der Waals surface area contributed by atoms with E-state index in [9.17, 15) is 18.4 Å². The van der Waals surface area contributed by atoms with Crippen LogP contribution in [0.4, 0.5) is 0 Å². The summed E-state index contributed by atoms with van der Waals surface area (Å²) in [6, 6.07) is 8.61. The van der Waals surface area contributed by atoms with Gasteiger partial charge in [0.05, 0.1) is 17.6 Å². The van der Waals surface area contributed by atoms with Crippen LogP contribution in [0.5, 0.6) is 5.75 Å². The summed E-state index contributed by atoms with van der Waals surface area (Å²) in [5.74, 6) is -0.430. The maximum absolute atomic E-state index is 14.0. The van der Waals surface area contributed by atoms with E-state index in [0.29, 0.717) is 37.4 Å². The smallest absolute Gasteiger partial charge is 0.262 e. The lowest BCUT2D eigenvalue weighted by atomic mass is 9.82. The number of hydrogen-bond donors (Lipinski definition) is 2. The molecule has 9 nitrogen and oxygen atoms in total. The summed E-state index contributed by atoms with van der Waals surface area (Å²) in [4.78, 5) is 17.1. The summed E-state index contributed by atoms with van der Waals surface area (Å²) < 4.78 is 40.8. The number of hydroxylamine groups is 1. The van der Waals surface area contributed by atoms with Crippen LogP contribution in [0, 0.1) is 5.92 Å². The van der Waals surface area contributed by atoms with Crippen molar-refractivity contribution < 1.29 is 27.9 Å². The van der Waals surface area contributed by atoms with Gasteiger partial charge in [-0.25, -0.2) is 13.9 Å². The average molecular weight is 534 g/mol. The van der Waals surface area contributed by atoms with Gasteiger partial charge in [-0.05, 0) is 86.4 Å². The molecule has 1 heterocycles. The molecule has 2 aromatic rings. The molecule has 37 heavy (non-hydrogen) atoms. The molecule has 1 unspecified atom stereocenters. The van der Waals surface area contributed by atoms with Gasteiger partial charge in [0.1, 0.15) is 11.8 Å². The number of nitrogens with one attached hydrogen (secondary N) is 1. The Bertz CT molecular complexity index is 1060. The van der Waals surface area contributed by atoms with Crippen LogP contribution in [0.15, 0.2) is 53.7 Å². The van der Waals surface area contributed by atoms with E-state index in [-0.39, 0.29) is 23.5 Å². The molecular formula is C27H39N3O6S. The van der Waals surface area contributed by atoms with Gasteiger partial charge in [-0.15, -0.1) is 0 Å². The zero-order valence-corrected chi connectivity index (χ0v) is 22.5. The van der Waals surface area contributed by atoms with Crippen LogP contribution < -0.4 is 10.2 Å². The number of unbranched alkanes of at least 4 members (excludes halogenated alkanes) is 1. The van der Waals surface area contributed by atoms with Gasteiger partial charge in [-0.2, -0.15) is 4.31 Å². The lowest BCUT2D eigenvalue weighted by Crippen LogP contribution is -2.53. The average Bonchev–Trinajstić information content (AvgIpc) is 2.93. The molecular weight excluding hydrogens is 494 g/mol. The Labute approximate surface area is 220 Å². The zero-order valence-electron chi connectivity index (χ0n) is 21.7. The summed E-state index contributed by atoms with van der Waals surface area (Å²) in [6.07, 6.45) is 8.77. The Hall–Kier alpha value is -2.53. The molecule has 0 spiro atoms. The third-order valence-corrected chi connectivity index (χ3v) is 8.54. The van der Waals surface area contributed by atoms with Crippen molar-refractivity contribution in [2.45, 2.75) is 82.4 Å². The van der Waals surface area contributed by atoms with Crippen LogP contribution in [0.25, 0.3) is 0 Å². The number of amides is 1. The van der Waals surface area contributed by atoms with Crippen LogP contribution in [-0.2, 0) is 26.1 Å². The SMILES string of the molecule is CCCCOc1ccc(S(=O)(=O)N(Cc2ccncc2)C(C(=O)NO)C2CCC(OCCC)CC2)cc1. The van der Waals surface area contributed by atoms with Crippen LogP contribution in [0.3, 0.4) is 0 Å². The number of hydrogen-bond acceptors (Lipinski definition) is 7. The quantitative estimate of drug-likeness (QED) is 0.211. The molecule has 204 valence electrons. The van der Waals surface area contributed by atoms with Gasteiger partial charge in [0.2, 0.25) is 10.0 Å². The molecule has 0 aliphatic heterocycles. The largest absolute Gasteiger partial charge is 0.494 e. The molecule has 1 saturated carbocycles. The van der Waals surface area contributed by atoms with Crippen LogP contribution >= 0.6 is 0 Å². The Kier molecular flexibility index (Phi) is 11.3. The van der Waals surface area contributed by atoms with E-state index in [1.54, 1.807) is 42.1 Å². The van der Waals surface area contributed by atoms with Crippen molar-refractivity contribution in [1.29, 1.82) is 0 Å². The molecule has 1 aromatic heterocycles. The first kappa shape index (κ1) is 29.0. The molecule has 10 heteroatoms. The molecule has 1 aliphatic carbocycles. The second-order valence-corrected chi connectivity index (χ2v) is 11.3. The maximum atomic E-state index is 14.0. The molecule has 1 aromatic carbocycles. The Morgan fingerprint density at radius 1 is 1.05 bits per heavy atom. The van der Waals surface area contributed by atoms with Crippen molar-refractivity contribution in [1.82, 2.24) is 14.8 Å². The first-order valence-corrected chi connectivity index (χ1v) is 14.5. The highest BCUT2D eigenvalue weighted by molar-refractivity contribution is 7.89. The predicted molar refractivity (Wildman–Crippen MR) is 140 cm³/mol. The minimum atomic E-state index is -4.12. The highest BCUT2D eigenvalue weighted by atomic mass is 32.2. The molecule has 2 N–H and O–H groups in total. The van der Waals surface area contributed by atoms with Crippen molar-refractivity contribution in [2.75, 3.05) is 13.2 Å². The van der Waals surface area contributed by atoms with Crippen molar-refractivity contribution in [3.05, 3.63) is 54.4 Å². The lowest BCUT2D eigenvalue weighted by molar-refractivity contribution is -0.136. The summed E-state index contributed by atoms with van der Waals surface area (Å²) in [6.45, 7) is 5.32. The minimum absolute atomic E-state index is 0.0377. The first-order valence-electron chi connectivity index (χ1n) is 13.1. The third kappa shape index (κ3) is 7.98. The predicted octanol–water partition coefficient (Wildman–Crippen LogP) is 4.31. The zero-order chi connectivity index (χ0) is 26.7. The Morgan fingerprint density at radius 3 is 2.32 bits per heavy atom. The number of nitrogens with zero attached hydrogens (tertiary/aromatic N) is 2. The van der Waals surface area contributed by atoms with E-state index < -0.39 is 22.0 Å². The Balaban J connectivity index is 1.92. The highest BCUT2D eigenvalue weighted by Gasteiger charge is 2.42. The van der Waals surface area contributed by atoms with Crippen molar-refractivity contribution in [3.8, 4) is 5.75 Å². The number of rotatable bonds is 14. The van der Waals surface area contributed by atoms with Crippen molar-refractivity contribution >= 4 is 15.9 Å². The summed E-state index contributed by atoms with van der Waals surface area (Å²) in [5, 5.41) is 9.62. The second kappa shape index (κ2) is 14.4. The lowest BCUT2D eigenvalue weighted by Gasteiger charge is -2.38. The van der Waals surface area contributed by atoms with Gasteiger partial charge in [-0.1, -0.05) is 20.3 Å². The van der Waals surface area contributed by atoms with Crippen LogP contribution in [0.2, 0.25) is 0 Å². The monoisotopic (exact) mass is 533 g/mol. The molecule has 0 radical (unpaired) electrons. The molecule has 0 saturated heterocycles. The van der Waals surface area contributed by atoms with Gasteiger partial charge in [-0.3, -0.25) is 15.0 Å². The van der Waals surface area contributed by atoms with Gasteiger partial charge in [0, 0.05) is 25.5 Å². The van der Waals surface area contributed by atoms with Crippen LogP contribution in [0.1, 0.15) is 64.4 Å². The van der Waals surface area contributed by atoms with Gasteiger partial charge < -0.3 is 9.47 Å². The minimum Gasteiger partial charge on any atom is -0.494 e. The van der Waals surface area contributed by atoms with E-state index >= 15 is 0 Å². The van der Waals surface area contributed by atoms with Crippen LogP contribution in [-0.4, -0.2) is 54.2 Å². The molecule has 1 atom stereocenters. The molecule has 0 bridgehead atoms. The fraction of sp³-hybridized carbons (Fsp3) is 0.556. The van der Waals surface area contributed by atoms with Crippen molar-refractivity contribution in [3.63, 3.8) is 0 Å². The number of sulfonamides is 1. The fourth-order valence-corrected chi connectivity index (χ4v) is 6.32. The number of carbonyl (C=O) groups excluding carboxylic acids is 1. The molecule has 1 amide bonds. The van der Waals surface area contributed by atoms with Gasteiger partial charge >= 0.3 is 0 Å². The molecule has 3 rings (SSSR count). The number of carbonyl (C=O) groups is 1. The first-order chi connectivity index (χ1) is 17.9. The topological polar surface area (TPSA) is 118 Å².